The second-order valence-corrected chi connectivity index (χ2v) is 10.8. The first-order valence-corrected chi connectivity index (χ1v) is 13.3. The zero-order valence-corrected chi connectivity index (χ0v) is 21.9. The number of carbonyl (C=O) groups is 2. The van der Waals surface area contributed by atoms with Crippen molar-refractivity contribution in [2.24, 2.45) is 0 Å². The number of amides is 2. The highest BCUT2D eigenvalue weighted by molar-refractivity contribution is 7.92. The fourth-order valence-electron chi connectivity index (χ4n) is 3.29. The van der Waals surface area contributed by atoms with Crippen LogP contribution in [-0.4, -0.2) is 50.0 Å². The van der Waals surface area contributed by atoms with Crippen molar-refractivity contribution in [3.05, 3.63) is 64.7 Å². The molecule has 198 valence electrons. The van der Waals surface area contributed by atoms with Gasteiger partial charge < -0.3 is 10.2 Å². The van der Waals surface area contributed by atoms with E-state index in [9.17, 15) is 31.2 Å². The molecule has 0 saturated carbocycles. The number of hydrogen-bond donors (Lipinski definition) is 1. The molecule has 0 fully saturated rings. The minimum atomic E-state index is -4.70. The van der Waals surface area contributed by atoms with Gasteiger partial charge in [0.15, 0.2) is 0 Å². The smallest absolute Gasteiger partial charge is 0.352 e. The van der Waals surface area contributed by atoms with E-state index in [1.165, 1.54) is 17.9 Å². The van der Waals surface area contributed by atoms with E-state index >= 15 is 0 Å². The number of rotatable bonds is 10. The summed E-state index contributed by atoms with van der Waals surface area (Å²) in [6.07, 6.45) is -3.25. The van der Waals surface area contributed by atoms with Crippen molar-refractivity contribution < 1.29 is 31.2 Å². The topological polar surface area (TPSA) is 86.8 Å². The Balaban J connectivity index is 2.43. The molecule has 2 amide bonds. The predicted molar refractivity (Wildman–Crippen MR) is 133 cm³/mol. The van der Waals surface area contributed by atoms with E-state index in [1.54, 1.807) is 31.2 Å². The number of carbonyl (C=O) groups excluding carboxylic acids is 2. The van der Waals surface area contributed by atoms with Crippen molar-refractivity contribution >= 4 is 39.1 Å². The molecule has 36 heavy (non-hydrogen) atoms. The van der Waals surface area contributed by atoms with Gasteiger partial charge >= 0.3 is 6.18 Å². The number of hydrogen-bond acceptors (Lipinski definition) is 4. The van der Waals surface area contributed by atoms with Crippen LogP contribution in [0.1, 0.15) is 38.3 Å². The lowest BCUT2D eigenvalue weighted by molar-refractivity contribution is -0.139. The van der Waals surface area contributed by atoms with E-state index in [4.69, 9.17) is 11.6 Å². The number of nitrogens with zero attached hydrogens (tertiary/aromatic N) is 2. The van der Waals surface area contributed by atoms with Crippen molar-refractivity contribution in [1.82, 2.24) is 10.2 Å². The summed E-state index contributed by atoms with van der Waals surface area (Å²) in [4.78, 5) is 27.4. The van der Waals surface area contributed by atoms with Gasteiger partial charge in [-0.25, -0.2) is 8.42 Å². The highest BCUT2D eigenvalue weighted by atomic mass is 35.5. The zero-order valence-electron chi connectivity index (χ0n) is 20.3. The van der Waals surface area contributed by atoms with Gasteiger partial charge in [-0.3, -0.25) is 13.9 Å². The lowest BCUT2D eigenvalue weighted by Crippen LogP contribution is -2.52. The molecule has 0 aliphatic carbocycles. The summed E-state index contributed by atoms with van der Waals surface area (Å²) in [7, 11) is -4.16. The van der Waals surface area contributed by atoms with Crippen LogP contribution in [0, 0.1) is 0 Å². The van der Waals surface area contributed by atoms with Crippen LogP contribution in [-0.2, 0) is 32.3 Å². The van der Waals surface area contributed by atoms with Gasteiger partial charge in [-0.1, -0.05) is 36.7 Å². The molecular formula is C24H29ClF3N3O4S. The summed E-state index contributed by atoms with van der Waals surface area (Å²) in [6.45, 7) is 4.33. The van der Waals surface area contributed by atoms with Gasteiger partial charge in [0, 0.05) is 17.6 Å². The van der Waals surface area contributed by atoms with Crippen molar-refractivity contribution in [2.75, 3.05) is 17.1 Å². The number of anilines is 1. The van der Waals surface area contributed by atoms with Gasteiger partial charge in [0.25, 0.3) is 0 Å². The second kappa shape index (κ2) is 12.0. The molecule has 0 spiro atoms. The fourth-order valence-corrected chi connectivity index (χ4v) is 4.25. The third-order valence-electron chi connectivity index (χ3n) is 5.58. The molecule has 2 rings (SSSR count). The van der Waals surface area contributed by atoms with E-state index in [2.05, 4.69) is 5.32 Å². The van der Waals surface area contributed by atoms with E-state index in [0.29, 0.717) is 27.4 Å². The quantitative estimate of drug-likeness (QED) is 0.476. The zero-order chi connectivity index (χ0) is 27.3. The van der Waals surface area contributed by atoms with E-state index < -0.39 is 46.2 Å². The molecular weight excluding hydrogens is 519 g/mol. The van der Waals surface area contributed by atoms with E-state index in [1.807, 2.05) is 6.92 Å². The Morgan fingerprint density at radius 1 is 1.08 bits per heavy atom. The third-order valence-corrected chi connectivity index (χ3v) is 6.97. The Hall–Kier alpha value is -2.79. The number of halogens is 4. The van der Waals surface area contributed by atoms with Gasteiger partial charge in [0.2, 0.25) is 21.8 Å². The highest BCUT2D eigenvalue weighted by Gasteiger charge is 2.33. The van der Waals surface area contributed by atoms with Crippen LogP contribution in [0.3, 0.4) is 0 Å². The maximum absolute atomic E-state index is 13.4. The molecule has 0 aromatic heterocycles. The Labute approximate surface area is 214 Å². The van der Waals surface area contributed by atoms with Crippen LogP contribution >= 0.6 is 11.6 Å². The van der Waals surface area contributed by atoms with Gasteiger partial charge in [0.1, 0.15) is 12.6 Å². The molecule has 1 N–H and O–H groups in total. The normalized spacial score (nSPS) is 13.6. The maximum atomic E-state index is 13.4. The summed E-state index contributed by atoms with van der Waals surface area (Å²) >= 11 is 5.93. The first kappa shape index (κ1) is 29.4. The molecule has 2 aromatic rings. The molecule has 12 heteroatoms. The van der Waals surface area contributed by atoms with Crippen LogP contribution in [0.4, 0.5) is 18.9 Å². The molecule has 7 nitrogen and oxygen atoms in total. The molecule has 0 unspecified atom stereocenters. The summed E-state index contributed by atoms with van der Waals surface area (Å²) in [6, 6.07) is 9.07. The molecule has 0 heterocycles. The van der Waals surface area contributed by atoms with Crippen LogP contribution < -0.4 is 9.62 Å². The highest BCUT2D eigenvalue weighted by Crippen LogP contribution is 2.32. The molecule has 2 atom stereocenters. The fraction of sp³-hybridized carbons (Fsp3) is 0.417. The first-order valence-electron chi connectivity index (χ1n) is 11.1. The van der Waals surface area contributed by atoms with Crippen molar-refractivity contribution in [3.63, 3.8) is 0 Å². The summed E-state index contributed by atoms with van der Waals surface area (Å²) < 4.78 is 65.3. The average molecular weight is 548 g/mol. The minimum Gasteiger partial charge on any atom is -0.352 e. The van der Waals surface area contributed by atoms with Crippen LogP contribution in [0.25, 0.3) is 0 Å². The monoisotopic (exact) mass is 547 g/mol. The standard InChI is InChI=1S/C24H29ClF3N3O4S/c1-5-16(2)29-23(33)17(3)30(14-18-9-11-20(25)12-10-18)22(32)15-31(36(4,34)35)21-8-6-7-19(13-21)24(26,27)28/h6-13,16-17H,5,14-15H2,1-4H3,(H,29,33)/t16-,17-/m0/s1. The van der Waals surface area contributed by atoms with Crippen molar-refractivity contribution in [3.8, 4) is 0 Å². The predicted octanol–water partition coefficient (Wildman–Crippen LogP) is 4.46. The summed E-state index contributed by atoms with van der Waals surface area (Å²) in [5.74, 6) is -1.21. The van der Waals surface area contributed by atoms with Crippen LogP contribution in [0.15, 0.2) is 48.5 Å². The van der Waals surface area contributed by atoms with Gasteiger partial charge in [0.05, 0.1) is 17.5 Å². The summed E-state index contributed by atoms with van der Waals surface area (Å²) in [5, 5.41) is 3.25. The molecule has 0 aliphatic rings. The first-order chi connectivity index (χ1) is 16.6. The Morgan fingerprint density at radius 2 is 1.69 bits per heavy atom. The molecule has 0 saturated heterocycles. The largest absolute Gasteiger partial charge is 0.416 e. The van der Waals surface area contributed by atoms with Gasteiger partial charge in [-0.2, -0.15) is 13.2 Å². The second-order valence-electron chi connectivity index (χ2n) is 8.46. The number of alkyl halides is 3. The van der Waals surface area contributed by atoms with E-state index in [0.717, 1.165) is 18.4 Å². The molecule has 2 aromatic carbocycles. The number of sulfonamides is 1. The lowest BCUT2D eigenvalue weighted by atomic mass is 10.1. The summed E-state index contributed by atoms with van der Waals surface area (Å²) in [5.41, 5.74) is -0.745. The molecule has 0 bridgehead atoms. The number of benzene rings is 2. The van der Waals surface area contributed by atoms with Crippen molar-refractivity contribution in [1.29, 1.82) is 0 Å². The van der Waals surface area contributed by atoms with Gasteiger partial charge in [-0.05, 0) is 56.2 Å². The van der Waals surface area contributed by atoms with Gasteiger partial charge in [-0.15, -0.1) is 0 Å². The van der Waals surface area contributed by atoms with E-state index in [-0.39, 0.29) is 18.3 Å². The Bertz CT molecular complexity index is 1170. The van der Waals surface area contributed by atoms with Crippen LogP contribution in [0.5, 0.6) is 0 Å². The maximum Gasteiger partial charge on any atom is 0.416 e. The Kier molecular flexibility index (Phi) is 9.78. The van der Waals surface area contributed by atoms with Crippen LogP contribution in [0.2, 0.25) is 5.02 Å². The number of nitrogens with one attached hydrogen (secondary N) is 1. The molecule has 0 radical (unpaired) electrons. The SMILES string of the molecule is CC[C@H](C)NC(=O)[C@H](C)N(Cc1ccc(Cl)cc1)C(=O)CN(c1cccc(C(F)(F)F)c1)S(C)(=O)=O. The Morgan fingerprint density at radius 3 is 2.22 bits per heavy atom. The molecule has 0 aliphatic heterocycles. The van der Waals surface area contributed by atoms with Crippen molar-refractivity contribution in [2.45, 2.75) is 52.0 Å². The average Bonchev–Trinajstić information content (AvgIpc) is 2.80. The third kappa shape index (κ3) is 8.12. The minimum absolute atomic E-state index is 0.0503. The lowest BCUT2D eigenvalue weighted by Gasteiger charge is -2.32.